The van der Waals surface area contributed by atoms with Crippen LogP contribution in [0.25, 0.3) is 0 Å². The van der Waals surface area contributed by atoms with Crippen LogP contribution in [-0.4, -0.2) is 53.8 Å². The van der Waals surface area contributed by atoms with Gasteiger partial charge in [-0.05, 0) is 0 Å². The molecule has 0 aromatic carbocycles. The third-order valence-electron chi connectivity index (χ3n) is 1.93. The number of hydrogen-bond acceptors (Lipinski definition) is 6. The van der Waals surface area contributed by atoms with Gasteiger partial charge in [0.05, 0.1) is 0 Å². The van der Waals surface area contributed by atoms with Crippen LogP contribution >= 0.6 is 0 Å². The molecule has 0 unspecified atom stereocenters. The molecular formula is C9H12N6O3. The molecule has 1 aromatic rings. The van der Waals surface area contributed by atoms with Gasteiger partial charge in [0.1, 0.15) is 0 Å². The number of amides is 3. The Balaban J connectivity index is 3.32. The van der Waals surface area contributed by atoms with E-state index in [0.717, 1.165) is 0 Å². The molecule has 1 heterocycles. The topological polar surface area (TPSA) is 126 Å². The van der Waals surface area contributed by atoms with Crippen molar-refractivity contribution in [3.05, 3.63) is 17.5 Å². The summed E-state index contributed by atoms with van der Waals surface area (Å²) in [5.74, 6) is -2.76. The molecule has 0 aliphatic heterocycles. The lowest BCUT2D eigenvalue weighted by atomic mass is 10.4. The Hall–Kier alpha value is -2.58. The number of carbonyl (C=O) groups is 3. The Bertz CT molecular complexity index is 417. The number of carbonyl (C=O) groups excluding carboxylic acids is 3. The summed E-state index contributed by atoms with van der Waals surface area (Å²) in [6.07, 6.45) is 0. The van der Waals surface area contributed by atoms with E-state index in [1.807, 2.05) is 0 Å². The van der Waals surface area contributed by atoms with Gasteiger partial charge < -0.3 is 16.0 Å². The summed E-state index contributed by atoms with van der Waals surface area (Å²) in [7, 11) is 4.14. The Labute approximate surface area is 102 Å². The van der Waals surface area contributed by atoms with Crippen LogP contribution in [0.3, 0.4) is 0 Å². The molecule has 0 aliphatic carbocycles. The van der Waals surface area contributed by atoms with Gasteiger partial charge in [0.2, 0.25) is 17.5 Å². The van der Waals surface area contributed by atoms with Gasteiger partial charge in [-0.25, -0.2) is 0 Å². The van der Waals surface area contributed by atoms with E-state index >= 15 is 0 Å². The van der Waals surface area contributed by atoms with E-state index in [-0.39, 0.29) is 17.5 Å². The fourth-order valence-corrected chi connectivity index (χ4v) is 1.02. The number of nitrogens with zero attached hydrogens (tertiary/aromatic N) is 3. The van der Waals surface area contributed by atoms with E-state index in [1.165, 1.54) is 21.1 Å². The summed E-state index contributed by atoms with van der Waals surface area (Å²) in [6, 6.07) is 0. The van der Waals surface area contributed by atoms with Gasteiger partial charge in [-0.3, -0.25) is 14.4 Å². The quantitative estimate of drug-likeness (QED) is 0.568. The van der Waals surface area contributed by atoms with E-state index in [0.29, 0.717) is 0 Å². The van der Waals surface area contributed by atoms with Crippen molar-refractivity contribution < 1.29 is 14.4 Å². The highest BCUT2D eigenvalue weighted by atomic mass is 16.2. The fourth-order valence-electron chi connectivity index (χ4n) is 1.02. The van der Waals surface area contributed by atoms with Crippen LogP contribution in [0.2, 0.25) is 0 Å². The molecule has 0 spiro atoms. The number of rotatable bonds is 3. The SMILES string of the molecule is CNC(=O)c1nc(C(=O)NC)nc(C(=O)NC)n1. The summed E-state index contributed by atoms with van der Waals surface area (Å²) < 4.78 is 0. The second-order valence-electron chi connectivity index (χ2n) is 3.04. The molecule has 9 heteroatoms. The van der Waals surface area contributed by atoms with Crippen LogP contribution in [0, 0.1) is 0 Å². The smallest absolute Gasteiger partial charge is 0.288 e. The van der Waals surface area contributed by atoms with Gasteiger partial charge in [-0.2, -0.15) is 15.0 Å². The third-order valence-corrected chi connectivity index (χ3v) is 1.93. The maximum Gasteiger partial charge on any atom is 0.288 e. The molecular weight excluding hydrogens is 240 g/mol. The molecule has 3 N–H and O–H groups in total. The van der Waals surface area contributed by atoms with E-state index in [4.69, 9.17) is 0 Å². The Kier molecular flexibility index (Phi) is 4.24. The molecule has 3 amide bonds. The standard InChI is InChI=1S/C9H12N6O3/c1-10-7(16)4-13-5(8(17)11-2)15-6(14-4)9(18)12-3/h1-3H3,(H,10,16)(H,11,17)(H,12,18). The molecule has 1 rings (SSSR count). The molecule has 0 aliphatic rings. The van der Waals surface area contributed by atoms with Gasteiger partial charge >= 0.3 is 0 Å². The first-order chi connectivity index (χ1) is 8.53. The van der Waals surface area contributed by atoms with E-state index in [9.17, 15) is 14.4 Å². The minimum atomic E-state index is -0.618. The monoisotopic (exact) mass is 252 g/mol. The van der Waals surface area contributed by atoms with Crippen LogP contribution in [0.15, 0.2) is 0 Å². The highest BCUT2D eigenvalue weighted by molar-refractivity contribution is 5.97. The molecule has 1 aromatic heterocycles. The van der Waals surface area contributed by atoms with Crippen molar-refractivity contribution in [3.63, 3.8) is 0 Å². The van der Waals surface area contributed by atoms with Gasteiger partial charge in [-0.1, -0.05) is 0 Å². The molecule has 0 bridgehead atoms. The predicted octanol–water partition coefficient (Wildman–Crippen LogP) is -2.05. The maximum atomic E-state index is 11.4. The van der Waals surface area contributed by atoms with Crippen LogP contribution in [0.5, 0.6) is 0 Å². The molecule has 18 heavy (non-hydrogen) atoms. The second-order valence-corrected chi connectivity index (χ2v) is 3.04. The zero-order chi connectivity index (χ0) is 13.7. The maximum absolute atomic E-state index is 11.4. The second kappa shape index (κ2) is 5.66. The zero-order valence-electron chi connectivity index (χ0n) is 10.1. The van der Waals surface area contributed by atoms with Gasteiger partial charge in [-0.15, -0.1) is 0 Å². The minimum Gasteiger partial charge on any atom is -0.352 e. The molecule has 9 nitrogen and oxygen atoms in total. The minimum absolute atomic E-state index is 0.301. The Morgan fingerprint density at radius 3 is 1.06 bits per heavy atom. The first-order valence-corrected chi connectivity index (χ1v) is 4.95. The van der Waals surface area contributed by atoms with Crippen molar-refractivity contribution >= 4 is 17.7 Å². The van der Waals surface area contributed by atoms with E-state index in [1.54, 1.807) is 0 Å². The van der Waals surface area contributed by atoms with Crippen LogP contribution in [0.1, 0.15) is 31.9 Å². The van der Waals surface area contributed by atoms with Crippen LogP contribution in [0.4, 0.5) is 0 Å². The molecule has 0 radical (unpaired) electrons. The number of aromatic nitrogens is 3. The molecule has 0 saturated heterocycles. The highest BCUT2D eigenvalue weighted by Gasteiger charge is 2.19. The average Bonchev–Trinajstić information content (AvgIpc) is 2.43. The van der Waals surface area contributed by atoms with E-state index < -0.39 is 17.7 Å². The molecule has 0 atom stereocenters. The number of nitrogens with one attached hydrogen (secondary N) is 3. The Morgan fingerprint density at radius 1 is 0.667 bits per heavy atom. The first kappa shape index (κ1) is 13.5. The highest BCUT2D eigenvalue weighted by Crippen LogP contribution is 1.97. The van der Waals surface area contributed by atoms with Crippen molar-refractivity contribution in [2.75, 3.05) is 21.1 Å². The van der Waals surface area contributed by atoms with Crippen LogP contribution in [-0.2, 0) is 0 Å². The van der Waals surface area contributed by atoms with Crippen molar-refractivity contribution in [3.8, 4) is 0 Å². The first-order valence-electron chi connectivity index (χ1n) is 4.95. The van der Waals surface area contributed by atoms with E-state index in [2.05, 4.69) is 30.9 Å². The van der Waals surface area contributed by atoms with Gasteiger partial charge in [0, 0.05) is 21.1 Å². The summed E-state index contributed by atoms with van der Waals surface area (Å²) >= 11 is 0. The Morgan fingerprint density at radius 2 is 0.889 bits per heavy atom. The van der Waals surface area contributed by atoms with Gasteiger partial charge in [0.15, 0.2) is 0 Å². The van der Waals surface area contributed by atoms with Gasteiger partial charge in [0.25, 0.3) is 17.7 Å². The molecule has 0 saturated carbocycles. The summed E-state index contributed by atoms with van der Waals surface area (Å²) in [5, 5.41) is 6.88. The lowest BCUT2D eigenvalue weighted by Gasteiger charge is -2.04. The normalized spacial score (nSPS) is 9.50. The van der Waals surface area contributed by atoms with Crippen LogP contribution < -0.4 is 16.0 Å². The molecule has 96 valence electrons. The third kappa shape index (κ3) is 2.75. The summed E-state index contributed by atoms with van der Waals surface area (Å²) in [4.78, 5) is 45.2. The summed E-state index contributed by atoms with van der Waals surface area (Å²) in [6.45, 7) is 0. The summed E-state index contributed by atoms with van der Waals surface area (Å²) in [5.41, 5.74) is 0. The zero-order valence-corrected chi connectivity index (χ0v) is 10.1. The molecule has 0 fully saturated rings. The van der Waals surface area contributed by atoms with Crippen molar-refractivity contribution in [1.29, 1.82) is 0 Å². The average molecular weight is 252 g/mol. The van der Waals surface area contributed by atoms with Crippen molar-refractivity contribution in [2.45, 2.75) is 0 Å². The van der Waals surface area contributed by atoms with Crippen molar-refractivity contribution in [2.24, 2.45) is 0 Å². The van der Waals surface area contributed by atoms with Crippen molar-refractivity contribution in [1.82, 2.24) is 30.9 Å². The number of hydrogen-bond donors (Lipinski definition) is 3. The largest absolute Gasteiger partial charge is 0.352 e. The fraction of sp³-hybridized carbons (Fsp3) is 0.333. The lowest BCUT2D eigenvalue weighted by Crippen LogP contribution is -2.30. The lowest BCUT2D eigenvalue weighted by molar-refractivity contribution is 0.0938. The predicted molar refractivity (Wildman–Crippen MR) is 60.0 cm³/mol.